The normalized spacial score (nSPS) is 23.9. The molecule has 9 heteroatoms. The van der Waals surface area contributed by atoms with Gasteiger partial charge in [-0.05, 0) is 24.8 Å². The maximum Gasteiger partial charge on any atom is 0.419 e. The Morgan fingerprint density at radius 2 is 1.96 bits per heavy atom. The molecule has 4 heterocycles. The number of hydrogen-bond donors (Lipinski definition) is 1. The fourth-order valence-electron chi connectivity index (χ4n) is 4.06. The molecule has 2 aromatic rings. The first-order valence-corrected chi connectivity index (χ1v) is 9.15. The van der Waals surface area contributed by atoms with E-state index >= 15 is 0 Å². The minimum Gasteiger partial charge on any atom is -0.383 e. The van der Waals surface area contributed by atoms with Gasteiger partial charge in [-0.2, -0.15) is 13.2 Å². The van der Waals surface area contributed by atoms with E-state index in [0.29, 0.717) is 23.2 Å². The molecule has 1 saturated carbocycles. The monoisotopic (exact) mass is 379 g/mol. The molecule has 3 aliphatic rings. The van der Waals surface area contributed by atoms with E-state index in [1.54, 1.807) is 0 Å². The highest BCUT2D eigenvalue weighted by Gasteiger charge is 2.45. The third kappa shape index (κ3) is 2.89. The molecule has 0 bridgehead atoms. The zero-order valence-corrected chi connectivity index (χ0v) is 14.6. The number of nitrogens with zero attached hydrogens (tertiary/aromatic N) is 4. The van der Waals surface area contributed by atoms with Crippen LogP contribution < -0.4 is 5.73 Å². The van der Waals surface area contributed by atoms with Gasteiger partial charge in [0.05, 0.1) is 36.6 Å². The SMILES string of the molecule is Nc1ncc(-c2cn3c(n2)C(C2CC2)N(C2COC2)CC3)cc1C(F)(F)F. The summed E-state index contributed by atoms with van der Waals surface area (Å²) in [6.45, 7) is 3.17. The summed E-state index contributed by atoms with van der Waals surface area (Å²) in [5, 5.41) is 0. The van der Waals surface area contributed by atoms with Crippen LogP contribution in [0.4, 0.5) is 19.0 Å². The third-order valence-electron chi connectivity index (χ3n) is 5.71. The summed E-state index contributed by atoms with van der Waals surface area (Å²) in [4.78, 5) is 10.9. The lowest BCUT2D eigenvalue weighted by molar-refractivity contribution is -0.137. The second kappa shape index (κ2) is 5.93. The van der Waals surface area contributed by atoms with Gasteiger partial charge >= 0.3 is 6.18 Å². The highest BCUT2D eigenvalue weighted by Crippen LogP contribution is 2.47. The van der Waals surface area contributed by atoms with E-state index in [4.69, 9.17) is 15.5 Å². The number of alkyl halides is 3. The van der Waals surface area contributed by atoms with Gasteiger partial charge in [0.25, 0.3) is 0 Å². The fourth-order valence-corrected chi connectivity index (χ4v) is 4.06. The number of pyridine rings is 1. The van der Waals surface area contributed by atoms with Gasteiger partial charge < -0.3 is 15.0 Å². The van der Waals surface area contributed by atoms with Crippen LogP contribution in [0.2, 0.25) is 0 Å². The average molecular weight is 379 g/mol. The van der Waals surface area contributed by atoms with Gasteiger partial charge in [0.15, 0.2) is 0 Å². The topological polar surface area (TPSA) is 69.2 Å². The van der Waals surface area contributed by atoms with Gasteiger partial charge in [0.2, 0.25) is 0 Å². The van der Waals surface area contributed by atoms with Crippen LogP contribution in [0.25, 0.3) is 11.3 Å². The van der Waals surface area contributed by atoms with Crippen molar-refractivity contribution in [2.75, 3.05) is 25.5 Å². The molecule has 0 spiro atoms. The van der Waals surface area contributed by atoms with Crippen molar-refractivity contribution in [3.63, 3.8) is 0 Å². The largest absolute Gasteiger partial charge is 0.419 e. The lowest BCUT2D eigenvalue weighted by Gasteiger charge is -2.44. The van der Waals surface area contributed by atoms with Gasteiger partial charge in [0.1, 0.15) is 11.6 Å². The van der Waals surface area contributed by atoms with Crippen LogP contribution in [-0.4, -0.2) is 45.2 Å². The van der Waals surface area contributed by atoms with Crippen LogP contribution in [0.5, 0.6) is 0 Å². The number of nitrogen functional groups attached to an aromatic ring is 1. The summed E-state index contributed by atoms with van der Waals surface area (Å²) >= 11 is 0. The Labute approximate surface area is 154 Å². The van der Waals surface area contributed by atoms with Gasteiger partial charge in [-0.15, -0.1) is 0 Å². The number of aromatic nitrogens is 3. The van der Waals surface area contributed by atoms with Crippen LogP contribution in [0, 0.1) is 5.92 Å². The molecule has 2 aliphatic heterocycles. The lowest BCUT2D eigenvalue weighted by atomic mass is 10.0. The van der Waals surface area contributed by atoms with Crippen LogP contribution in [0.3, 0.4) is 0 Å². The highest BCUT2D eigenvalue weighted by atomic mass is 19.4. The van der Waals surface area contributed by atoms with Crippen molar-refractivity contribution in [1.29, 1.82) is 0 Å². The van der Waals surface area contributed by atoms with E-state index in [9.17, 15) is 13.2 Å². The first-order valence-electron chi connectivity index (χ1n) is 9.15. The minimum atomic E-state index is -4.54. The molecule has 0 amide bonds. The van der Waals surface area contributed by atoms with Crippen molar-refractivity contribution in [2.24, 2.45) is 5.92 Å². The van der Waals surface area contributed by atoms with E-state index in [1.165, 1.54) is 19.0 Å². The molecular formula is C18H20F3N5O. The molecular weight excluding hydrogens is 359 g/mol. The fraction of sp³-hybridized carbons (Fsp3) is 0.556. The Hall–Kier alpha value is -2.13. The zero-order valence-electron chi connectivity index (χ0n) is 14.6. The Morgan fingerprint density at radius 1 is 1.19 bits per heavy atom. The highest BCUT2D eigenvalue weighted by molar-refractivity contribution is 5.62. The number of anilines is 1. The molecule has 2 aromatic heterocycles. The summed E-state index contributed by atoms with van der Waals surface area (Å²) < 4.78 is 46.9. The second-order valence-electron chi connectivity index (χ2n) is 7.54. The van der Waals surface area contributed by atoms with E-state index in [0.717, 1.165) is 38.2 Å². The number of imidazole rings is 1. The van der Waals surface area contributed by atoms with Crippen molar-refractivity contribution in [2.45, 2.75) is 37.6 Å². The Bertz CT molecular complexity index is 872. The molecule has 1 atom stereocenters. The number of ether oxygens (including phenoxy) is 1. The predicted octanol–water partition coefficient (Wildman–Crippen LogP) is 2.71. The smallest absolute Gasteiger partial charge is 0.383 e. The number of halogens is 3. The predicted molar refractivity (Wildman–Crippen MR) is 91.7 cm³/mol. The van der Waals surface area contributed by atoms with Crippen molar-refractivity contribution in [1.82, 2.24) is 19.4 Å². The van der Waals surface area contributed by atoms with Crippen molar-refractivity contribution in [3.8, 4) is 11.3 Å². The van der Waals surface area contributed by atoms with E-state index in [-0.39, 0.29) is 6.04 Å². The quantitative estimate of drug-likeness (QED) is 0.888. The Morgan fingerprint density at radius 3 is 2.59 bits per heavy atom. The first kappa shape index (κ1) is 17.0. The Balaban J connectivity index is 1.52. The molecule has 27 heavy (non-hydrogen) atoms. The molecule has 1 saturated heterocycles. The number of nitrogens with two attached hydrogens (primary N) is 1. The molecule has 6 nitrogen and oxygen atoms in total. The van der Waals surface area contributed by atoms with Crippen LogP contribution in [0.1, 0.15) is 30.3 Å². The van der Waals surface area contributed by atoms with Crippen molar-refractivity contribution in [3.05, 3.63) is 29.8 Å². The summed E-state index contributed by atoms with van der Waals surface area (Å²) in [6, 6.07) is 1.67. The number of hydrogen-bond acceptors (Lipinski definition) is 5. The third-order valence-corrected chi connectivity index (χ3v) is 5.71. The summed E-state index contributed by atoms with van der Waals surface area (Å²) in [6.07, 6.45) is 0.996. The first-order chi connectivity index (χ1) is 12.9. The molecule has 2 fully saturated rings. The van der Waals surface area contributed by atoms with E-state index in [1.807, 2.05) is 6.20 Å². The van der Waals surface area contributed by atoms with E-state index in [2.05, 4.69) is 14.5 Å². The maximum atomic E-state index is 13.2. The number of rotatable bonds is 3. The van der Waals surface area contributed by atoms with Crippen molar-refractivity contribution >= 4 is 5.82 Å². The van der Waals surface area contributed by atoms with Crippen LogP contribution in [0.15, 0.2) is 18.5 Å². The zero-order chi connectivity index (χ0) is 18.8. The summed E-state index contributed by atoms with van der Waals surface area (Å²) in [7, 11) is 0. The van der Waals surface area contributed by atoms with Crippen LogP contribution in [-0.2, 0) is 17.5 Å². The van der Waals surface area contributed by atoms with Gasteiger partial charge in [-0.3, -0.25) is 4.90 Å². The van der Waals surface area contributed by atoms with Crippen molar-refractivity contribution < 1.29 is 17.9 Å². The van der Waals surface area contributed by atoms with Gasteiger partial charge in [0, 0.05) is 31.0 Å². The molecule has 2 N–H and O–H groups in total. The number of fused-ring (bicyclic) bond motifs is 1. The van der Waals surface area contributed by atoms with Crippen LogP contribution >= 0.6 is 0 Å². The molecule has 0 aromatic carbocycles. The Kier molecular flexibility index (Phi) is 3.74. The molecule has 0 radical (unpaired) electrons. The standard InChI is InChI=1S/C18H20F3N5O/c19-18(20,21)13-5-11(6-23-16(13)22)14-7-25-3-4-26(12-8-27-9-12)15(10-1-2-10)17(25)24-14/h5-7,10,12,15H,1-4,8-9H2,(H2,22,23). The molecule has 144 valence electrons. The van der Waals surface area contributed by atoms with E-state index < -0.39 is 17.6 Å². The maximum absolute atomic E-state index is 13.2. The molecule has 1 unspecified atom stereocenters. The minimum absolute atomic E-state index is 0.213. The summed E-state index contributed by atoms with van der Waals surface area (Å²) in [5.74, 6) is 0.994. The lowest BCUT2D eigenvalue weighted by Crippen LogP contribution is -2.54. The van der Waals surface area contributed by atoms with Gasteiger partial charge in [-0.25, -0.2) is 9.97 Å². The average Bonchev–Trinajstić information content (AvgIpc) is 3.30. The molecule has 5 rings (SSSR count). The molecule has 1 aliphatic carbocycles. The summed E-state index contributed by atoms with van der Waals surface area (Å²) in [5.41, 5.74) is 5.35. The second-order valence-corrected chi connectivity index (χ2v) is 7.54. The van der Waals surface area contributed by atoms with Gasteiger partial charge in [-0.1, -0.05) is 0 Å².